The molecule has 1 aliphatic carbocycles. The summed E-state index contributed by atoms with van der Waals surface area (Å²) >= 11 is 6.19. The summed E-state index contributed by atoms with van der Waals surface area (Å²) in [6.45, 7) is 2.11. The smallest absolute Gasteiger partial charge is 0.340 e. The highest BCUT2D eigenvalue weighted by molar-refractivity contribution is 6.33. The van der Waals surface area contributed by atoms with Crippen molar-refractivity contribution in [3.63, 3.8) is 0 Å². The average molecular weight is 372 g/mol. The summed E-state index contributed by atoms with van der Waals surface area (Å²) in [5.74, 6) is -0.329. The van der Waals surface area contributed by atoms with Crippen LogP contribution in [0.2, 0.25) is 5.02 Å². The summed E-state index contributed by atoms with van der Waals surface area (Å²) < 4.78 is 5.68. The number of hydrogen-bond acceptors (Lipinski definition) is 3. The zero-order chi connectivity index (χ0) is 18.5. The van der Waals surface area contributed by atoms with E-state index in [0.717, 1.165) is 19.3 Å². The van der Waals surface area contributed by atoms with Gasteiger partial charge in [-0.15, -0.1) is 0 Å². The summed E-state index contributed by atoms with van der Waals surface area (Å²) in [6.07, 6.45) is 4.13. The van der Waals surface area contributed by atoms with Gasteiger partial charge in [0.05, 0.1) is 10.6 Å². The van der Waals surface area contributed by atoms with Gasteiger partial charge in [-0.1, -0.05) is 43.1 Å². The van der Waals surface area contributed by atoms with E-state index in [9.17, 15) is 9.59 Å². The van der Waals surface area contributed by atoms with Crippen molar-refractivity contribution >= 4 is 29.2 Å². The summed E-state index contributed by atoms with van der Waals surface area (Å²) in [6, 6.07) is 13.7. The third-order valence-electron chi connectivity index (χ3n) is 4.77. The van der Waals surface area contributed by atoms with Gasteiger partial charge in [0.25, 0.3) is 5.91 Å². The Labute approximate surface area is 158 Å². The first kappa shape index (κ1) is 18.5. The van der Waals surface area contributed by atoms with Crippen LogP contribution in [0.1, 0.15) is 53.3 Å². The molecule has 0 bridgehead atoms. The van der Waals surface area contributed by atoms with E-state index in [1.165, 1.54) is 6.42 Å². The monoisotopic (exact) mass is 371 g/mol. The maximum absolute atomic E-state index is 12.6. The molecule has 1 saturated carbocycles. The van der Waals surface area contributed by atoms with Crippen LogP contribution >= 0.6 is 11.6 Å². The number of rotatable bonds is 4. The zero-order valence-corrected chi connectivity index (χ0v) is 15.5. The molecule has 0 spiro atoms. The minimum Gasteiger partial charge on any atom is -0.458 e. The Morgan fingerprint density at radius 3 is 2.54 bits per heavy atom. The minimum absolute atomic E-state index is 0.0742. The standard InChI is InChI=1S/C21H22ClNO3/c1-14-7-5-6-10-19(14)26-21(25)17-13-16(11-12-18(17)22)23-20(24)15-8-3-2-4-9-15/h2-4,8-9,11-14,19H,5-7,10H2,1H3,(H,23,24). The van der Waals surface area contributed by atoms with E-state index in [2.05, 4.69) is 12.2 Å². The lowest BCUT2D eigenvalue weighted by atomic mass is 9.88. The van der Waals surface area contributed by atoms with Gasteiger partial charge in [-0.05, 0) is 55.5 Å². The first-order valence-corrected chi connectivity index (χ1v) is 9.29. The summed E-state index contributed by atoms with van der Waals surface area (Å²) in [4.78, 5) is 24.8. The van der Waals surface area contributed by atoms with Crippen LogP contribution in [0, 0.1) is 5.92 Å². The number of ether oxygens (including phenoxy) is 1. The number of carbonyl (C=O) groups is 2. The molecule has 4 nitrogen and oxygen atoms in total. The SMILES string of the molecule is CC1CCCCC1OC(=O)c1cc(NC(=O)c2ccccc2)ccc1Cl. The van der Waals surface area contributed by atoms with Crippen LogP contribution in [0.3, 0.4) is 0 Å². The lowest BCUT2D eigenvalue weighted by Gasteiger charge is -2.28. The molecule has 0 aliphatic heterocycles. The fourth-order valence-electron chi connectivity index (χ4n) is 3.21. The van der Waals surface area contributed by atoms with Gasteiger partial charge < -0.3 is 10.1 Å². The fourth-order valence-corrected chi connectivity index (χ4v) is 3.41. The molecule has 1 N–H and O–H groups in total. The van der Waals surface area contributed by atoms with Gasteiger partial charge in [0.15, 0.2) is 0 Å². The average Bonchev–Trinajstić information content (AvgIpc) is 2.65. The second-order valence-corrected chi connectivity index (χ2v) is 7.13. The molecule has 0 aromatic heterocycles. The number of anilines is 1. The molecule has 2 aromatic carbocycles. The maximum Gasteiger partial charge on any atom is 0.340 e. The lowest BCUT2D eigenvalue weighted by molar-refractivity contribution is 0.00483. The second-order valence-electron chi connectivity index (χ2n) is 6.72. The van der Waals surface area contributed by atoms with E-state index < -0.39 is 5.97 Å². The fraction of sp³-hybridized carbons (Fsp3) is 0.333. The number of hydrogen-bond donors (Lipinski definition) is 1. The summed E-state index contributed by atoms with van der Waals surface area (Å²) in [5, 5.41) is 3.10. The normalized spacial score (nSPS) is 19.6. The molecule has 2 atom stereocenters. The number of carbonyl (C=O) groups excluding carboxylic acids is 2. The van der Waals surface area contributed by atoms with E-state index in [-0.39, 0.29) is 17.6 Å². The predicted octanol–water partition coefficient (Wildman–Crippen LogP) is 5.33. The van der Waals surface area contributed by atoms with Gasteiger partial charge in [-0.2, -0.15) is 0 Å². The minimum atomic E-state index is -0.440. The number of esters is 1. The van der Waals surface area contributed by atoms with Crippen LogP contribution in [-0.4, -0.2) is 18.0 Å². The molecular formula is C21H22ClNO3. The highest BCUT2D eigenvalue weighted by atomic mass is 35.5. The van der Waals surface area contributed by atoms with Gasteiger partial charge in [0.1, 0.15) is 6.10 Å². The van der Waals surface area contributed by atoms with E-state index in [1.807, 2.05) is 6.07 Å². The van der Waals surface area contributed by atoms with Crippen LogP contribution < -0.4 is 5.32 Å². The molecule has 2 aromatic rings. The molecule has 1 amide bonds. The lowest BCUT2D eigenvalue weighted by Crippen LogP contribution is -2.28. The van der Waals surface area contributed by atoms with Crippen molar-refractivity contribution in [3.05, 3.63) is 64.7 Å². The molecule has 26 heavy (non-hydrogen) atoms. The first-order valence-electron chi connectivity index (χ1n) is 8.91. The highest BCUT2D eigenvalue weighted by Crippen LogP contribution is 2.29. The molecular weight excluding hydrogens is 350 g/mol. The first-order chi connectivity index (χ1) is 12.5. The molecule has 0 saturated heterocycles. The van der Waals surface area contributed by atoms with Crippen LogP contribution in [-0.2, 0) is 4.74 Å². The van der Waals surface area contributed by atoms with E-state index >= 15 is 0 Å². The van der Waals surface area contributed by atoms with Crippen molar-refractivity contribution in [3.8, 4) is 0 Å². The van der Waals surface area contributed by atoms with Crippen molar-refractivity contribution < 1.29 is 14.3 Å². The van der Waals surface area contributed by atoms with E-state index in [4.69, 9.17) is 16.3 Å². The molecule has 0 heterocycles. The maximum atomic E-state index is 12.6. The third kappa shape index (κ3) is 4.44. The largest absolute Gasteiger partial charge is 0.458 e. The number of benzene rings is 2. The summed E-state index contributed by atoms with van der Waals surface area (Å²) in [7, 11) is 0. The molecule has 1 fully saturated rings. The van der Waals surface area contributed by atoms with Gasteiger partial charge >= 0.3 is 5.97 Å². The van der Waals surface area contributed by atoms with Gasteiger partial charge in [-0.3, -0.25) is 4.79 Å². The molecule has 3 rings (SSSR count). The van der Waals surface area contributed by atoms with Crippen LogP contribution in [0.15, 0.2) is 48.5 Å². The third-order valence-corrected chi connectivity index (χ3v) is 5.10. The van der Waals surface area contributed by atoms with Gasteiger partial charge in [0, 0.05) is 11.3 Å². The Morgan fingerprint density at radius 1 is 1.08 bits per heavy atom. The molecule has 0 radical (unpaired) electrons. The van der Waals surface area contributed by atoms with Crippen molar-refractivity contribution in [1.82, 2.24) is 0 Å². The van der Waals surface area contributed by atoms with Crippen LogP contribution in [0.5, 0.6) is 0 Å². The number of halogens is 1. The number of nitrogens with one attached hydrogen (secondary N) is 1. The molecule has 5 heteroatoms. The van der Waals surface area contributed by atoms with Crippen molar-refractivity contribution in [1.29, 1.82) is 0 Å². The molecule has 1 aliphatic rings. The Balaban J connectivity index is 1.72. The van der Waals surface area contributed by atoms with Crippen molar-refractivity contribution in [2.24, 2.45) is 5.92 Å². The summed E-state index contributed by atoms with van der Waals surface area (Å²) in [5.41, 5.74) is 1.32. The van der Waals surface area contributed by atoms with Crippen LogP contribution in [0.25, 0.3) is 0 Å². The van der Waals surface area contributed by atoms with E-state index in [0.29, 0.717) is 22.2 Å². The second kappa shape index (κ2) is 8.37. The quantitative estimate of drug-likeness (QED) is 0.739. The molecule has 136 valence electrons. The topological polar surface area (TPSA) is 55.4 Å². The van der Waals surface area contributed by atoms with Crippen molar-refractivity contribution in [2.45, 2.75) is 38.7 Å². The van der Waals surface area contributed by atoms with Crippen molar-refractivity contribution in [2.75, 3.05) is 5.32 Å². The Hall–Kier alpha value is -2.33. The Morgan fingerprint density at radius 2 is 1.81 bits per heavy atom. The van der Waals surface area contributed by atoms with E-state index in [1.54, 1.807) is 42.5 Å². The molecule has 2 unspecified atom stereocenters. The predicted molar refractivity (Wildman–Crippen MR) is 103 cm³/mol. The Bertz CT molecular complexity index is 791. The zero-order valence-electron chi connectivity index (χ0n) is 14.7. The highest BCUT2D eigenvalue weighted by Gasteiger charge is 2.26. The Kier molecular flexibility index (Phi) is 5.94. The van der Waals surface area contributed by atoms with Gasteiger partial charge in [-0.25, -0.2) is 4.79 Å². The van der Waals surface area contributed by atoms with Gasteiger partial charge in [0.2, 0.25) is 0 Å². The van der Waals surface area contributed by atoms with Crippen LogP contribution in [0.4, 0.5) is 5.69 Å². The number of amides is 1.